The minimum Gasteiger partial charge on any atom is -0.487 e. The van der Waals surface area contributed by atoms with Gasteiger partial charge in [-0.2, -0.15) is 0 Å². The number of nitrogens with zero attached hydrogens (tertiary/aromatic N) is 1. The summed E-state index contributed by atoms with van der Waals surface area (Å²) in [5, 5.41) is 0.551. The summed E-state index contributed by atoms with van der Waals surface area (Å²) in [4.78, 5) is 4.23. The van der Waals surface area contributed by atoms with Gasteiger partial charge in [0.1, 0.15) is 12.4 Å². The van der Waals surface area contributed by atoms with Crippen molar-refractivity contribution in [2.75, 3.05) is 26.1 Å². The van der Waals surface area contributed by atoms with Crippen molar-refractivity contribution >= 4 is 26.7 Å². The molecule has 0 spiro atoms. The number of nitrogens with two attached hydrogens (primary N) is 1. The number of hydrogen-bond donors (Lipinski definition) is 1. The van der Waals surface area contributed by atoms with Crippen LogP contribution >= 0.6 is 11.3 Å². The minimum atomic E-state index is 0.473. The van der Waals surface area contributed by atoms with Gasteiger partial charge in [0.25, 0.3) is 0 Å². The third-order valence-corrected chi connectivity index (χ3v) is 3.85. The fourth-order valence-electron chi connectivity index (χ4n) is 2.00. The second kappa shape index (κ2) is 6.64. The van der Waals surface area contributed by atoms with Crippen LogP contribution in [0.1, 0.15) is 0 Å². The third-order valence-electron chi connectivity index (χ3n) is 3.00. The van der Waals surface area contributed by atoms with E-state index in [0.717, 1.165) is 16.0 Å². The monoisotopic (exact) mass is 316 g/mol. The van der Waals surface area contributed by atoms with Crippen molar-refractivity contribution in [3.05, 3.63) is 42.5 Å². The highest BCUT2D eigenvalue weighted by Crippen LogP contribution is 2.34. The van der Waals surface area contributed by atoms with Crippen molar-refractivity contribution in [1.82, 2.24) is 4.98 Å². The number of anilines is 1. The molecular formula is C16H16N2O3S. The molecule has 2 N–H and O–H groups in total. The molecule has 0 bridgehead atoms. The molecule has 0 saturated carbocycles. The molecule has 0 amide bonds. The van der Waals surface area contributed by atoms with E-state index in [0.29, 0.717) is 29.8 Å². The summed E-state index contributed by atoms with van der Waals surface area (Å²) in [5.41, 5.74) is 6.59. The Labute approximate surface area is 132 Å². The number of nitrogen functional groups attached to an aromatic ring is 1. The Kier molecular flexibility index (Phi) is 4.41. The van der Waals surface area contributed by atoms with Crippen LogP contribution in [0, 0.1) is 0 Å². The summed E-state index contributed by atoms with van der Waals surface area (Å²) in [6.07, 6.45) is 0. The summed E-state index contributed by atoms with van der Waals surface area (Å²) in [7, 11) is 1.64. The van der Waals surface area contributed by atoms with Gasteiger partial charge in [-0.15, -0.1) is 0 Å². The van der Waals surface area contributed by atoms with Gasteiger partial charge in [-0.25, -0.2) is 4.98 Å². The highest BCUT2D eigenvalue weighted by molar-refractivity contribution is 7.22. The molecule has 3 rings (SSSR count). The van der Waals surface area contributed by atoms with Crippen molar-refractivity contribution in [3.63, 3.8) is 0 Å². The lowest BCUT2D eigenvalue weighted by Gasteiger charge is -2.12. The van der Waals surface area contributed by atoms with Crippen LogP contribution in [-0.2, 0) is 4.74 Å². The van der Waals surface area contributed by atoms with E-state index in [1.807, 2.05) is 42.5 Å². The highest BCUT2D eigenvalue weighted by Gasteiger charge is 2.08. The Morgan fingerprint density at radius 2 is 1.91 bits per heavy atom. The molecule has 3 aromatic rings. The lowest BCUT2D eigenvalue weighted by Crippen LogP contribution is -2.04. The van der Waals surface area contributed by atoms with Gasteiger partial charge in [0, 0.05) is 13.2 Å². The quantitative estimate of drug-likeness (QED) is 0.702. The van der Waals surface area contributed by atoms with Crippen LogP contribution in [0.25, 0.3) is 10.2 Å². The number of benzene rings is 2. The lowest BCUT2D eigenvalue weighted by molar-refractivity contribution is 0.144. The molecule has 114 valence electrons. The number of hydrogen-bond acceptors (Lipinski definition) is 6. The predicted octanol–water partition coefficient (Wildman–Crippen LogP) is 3.70. The van der Waals surface area contributed by atoms with E-state index < -0.39 is 0 Å². The van der Waals surface area contributed by atoms with Gasteiger partial charge in [0.15, 0.2) is 16.6 Å². The van der Waals surface area contributed by atoms with Crippen LogP contribution in [0.2, 0.25) is 0 Å². The van der Waals surface area contributed by atoms with Crippen molar-refractivity contribution in [3.8, 4) is 17.2 Å². The van der Waals surface area contributed by atoms with E-state index in [-0.39, 0.29) is 0 Å². The zero-order chi connectivity index (χ0) is 15.4. The topological polar surface area (TPSA) is 66.6 Å². The summed E-state index contributed by atoms with van der Waals surface area (Å²) in [5.74, 6) is 2.07. The number of methoxy groups -OCH3 is 1. The van der Waals surface area contributed by atoms with Crippen molar-refractivity contribution < 1.29 is 14.2 Å². The Morgan fingerprint density at radius 1 is 1.09 bits per heavy atom. The maximum absolute atomic E-state index is 5.93. The molecule has 0 saturated heterocycles. The van der Waals surface area contributed by atoms with Crippen molar-refractivity contribution in [2.45, 2.75) is 0 Å². The van der Waals surface area contributed by atoms with E-state index in [1.165, 1.54) is 11.3 Å². The van der Waals surface area contributed by atoms with Gasteiger partial charge < -0.3 is 19.9 Å². The molecule has 22 heavy (non-hydrogen) atoms. The molecule has 0 aliphatic rings. The maximum atomic E-state index is 5.93. The summed E-state index contributed by atoms with van der Waals surface area (Å²) in [6, 6.07) is 13.2. The average molecular weight is 316 g/mol. The number of para-hydroxylation sites is 2. The molecule has 2 aromatic carbocycles. The Hall–Kier alpha value is -2.31. The van der Waals surface area contributed by atoms with E-state index in [1.54, 1.807) is 7.11 Å². The first kappa shape index (κ1) is 14.6. The molecule has 5 nitrogen and oxygen atoms in total. The van der Waals surface area contributed by atoms with Crippen LogP contribution in [0.15, 0.2) is 42.5 Å². The molecule has 0 fully saturated rings. The smallest absolute Gasteiger partial charge is 0.181 e. The van der Waals surface area contributed by atoms with Crippen LogP contribution in [0.4, 0.5) is 5.13 Å². The normalized spacial score (nSPS) is 10.8. The number of aromatic nitrogens is 1. The summed E-state index contributed by atoms with van der Waals surface area (Å²) in [6.45, 7) is 1.00. The second-order valence-corrected chi connectivity index (χ2v) is 5.63. The van der Waals surface area contributed by atoms with E-state index in [9.17, 15) is 0 Å². The number of ether oxygens (including phenoxy) is 3. The van der Waals surface area contributed by atoms with Crippen LogP contribution < -0.4 is 15.2 Å². The molecule has 1 heterocycles. The summed E-state index contributed by atoms with van der Waals surface area (Å²) < 4.78 is 17.6. The standard InChI is InChI=1S/C16H16N2O3S/c1-19-8-9-20-13-4-2-3-5-14(13)21-11-6-7-12-15(10-11)22-16(17)18-12/h2-7,10H,8-9H2,1H3,(H2,17,18). The molecule has 0 atom stereocenters. The van der Waals surface area contributed by atoms with Crippen LogP contribution in [0.3, 0.4) is 0 Å². The molecule has 1 aromatic heterocycles. The minimum absolute atomic E-state index is 0.473. The fraction of sp³-hybridized carbons (Fsp3) is 0.188. The number of thiazole rings is 1. The van der Waals surface area contributed by atoms with Gasteiger partial charge in [0.2, 0.25) is 0 Å². The van der Waals surface area contributed by atoms with Crippen LogP contribution in [0.5, 0.6) is 17.2 Å². The summed E-state index contributed by atoms with van der Waals surface area (Å²) >= 11 is 1.44. The SMILES string of the molecule is COCCOc1ccccc1Oc1ccc2nc(N)sc2c1. The molecule has 0 radical (unpaired) electrons. The maximum Gasteiger partial charge on any atom is 0.181 e. The average Bonchev–Trinajstić information content (AvgIpc) is 2.88. The largest absolute Gasteiger partial charge is 0.487 e. The Morgan fingerprint density at radius 3 is 2.73 bits per heavy atom. The van der Waals surface area contributed by atoms with Gasteiger partial charge in [-0.05, 0) is 24.3 Å². The number of rotatable bonds is 6. The zero-order valence-electron chi connectivity index (χ0n) is 12.1. The Bertz CT molecular complexity index is 773. The molecule has 6 heteroatoms. The van der Waals surface area contributed by atoms with E-state index in [2.05, 4.69) is 4.98 Å². The van der Waals surface area contributed by atoms with Crippen LogP contribution in [-0.4, -0.2) is 25.3 Å². The first-order valence-electron chi connectivity index (χ1n) is 6.81. The fourth-order valence-corrected chi connectivity index (χ4v) is 2.76. The first-order valence-corrected chi connectivity index (χ1v) is 7.62. The molecular weight excluding hydrogens is 300 g/mol. The highest BCUT2D eigenvalue weighted by atomic mass is 32.1. The van der Waals surface area contributed by atoms with Crippen molar-refractivity contribution in [2.24, 2.45) is 0 Å². The van der Waals surface area contributed by atoms with E-state index in [4.69, 9.17) is 19.9 Å². The van der Waals surface area contributed by atoms with Crippen molar-refractivity contribution in [1.29, 1.82) is 0 Å². The Balaban J connectivity index is 1.81. The zero-order valence-corrected chi connectivity index (χ0v) is 12.9. The molecule has 0 unspecified atom stereocenters. The van der Waals surface area contributed by atoms with Gasteiger partial charge in [-0.3, -0.25) is 0 Å². The van der Waals surface area contributed by atoms with Gasteiger partial charge >= 0.3 is 0 Å². The number of fused-ring (bicyclic) bond motifs is 1. The second-order valence-electron chi connectivity index (χ2n) is 4.57. The first-order chi connectivity index (χ1) is 10.8. The predicted molar refractivity (Wildman–Crippen MR) is 87.9 cm³/mol. The third kappa shape index (κ3) is 3.29. The van der Waals surface area contributed by atoms with E-state index >= 15 is 0 Å². The van der Waals surface area contributed by atoms with Gasteiger partial charge in [0.05, 0.1) is 16.8 Å². The lowest BCUT2D eigenvalue weighted by atomic mass is 10.3. The molecule has 0 aliphatic heterocycles. The molecule has 0 aliphatic carbocycles. The van der Waals surface area contributed by atoms with Gasteiger partial charge in [-0.1, -0.05) is 23.5 Å².